The summed E-state index contributed by atoms with van der Waals surface area (Å²) in [6.45, 7) is 0.350. The molecule has 1 aliphatic rings. The van der Waals surface area contributed by atoms with Crippen LogP contribution in [0, 0.1) is 5.41 Å². The van der Waals surface area contributed by atoms with E-state index in [2.05, 4.69) is 25.6 Å². The Hall–Kier alpha value is -4.33. The summed E-state index contributed by atoms with van der Waals surface area (Å²) in [6, 6.07) is 17.4. The lowest BCUT2D eigenvalue weighted by atomic mass is 10.0. The SMILES string of the molecule is N=C(c1ccc(CNC(=O)c2nccc3ccccc23)cc1)c1c(N)ncnc1NC1CCCC1. The summed E-state index contributed by atoms with van der Waals surface area (Å²) in [7, 11) is 0. The molecule has 4 aromatic rings. The number of pyridine rings is 1. The van der Waals surface area contributed by atoms with Crippen molar-refractivity contribution in [3.8, 4) is 0 Å². The molecule has 5 N–H and O–H groups in total. The molecule has 8 heteroatoms. The van der Waals surface area contributed by atoms with Crippen LogP contribution in [0.15, 0.2) is 67.1 Å². The van der Waals surface area contributed by atoms with Crippen molar-refractivity contribution in [1.29, 1.82) is 5.41 Å². The van der Waals surface area contributed by atoms with Gasteiger partial charge in [0.2, 0.25) is 0 Å². The zero-order chi connectivity index (χ0) is 24.2. The average Bonchev–Trinajstić information content (AvgIpc) is 3.40. The number of rotatable bonds is 7. The van der Waals surface area contributed by atoms with E-state index in [1.54, 1.807) is 6.20 Å². The Balaban J connectivity index is 1.29. The fraction of sp³-hybridized carbons (Fsp3) is 0.222. The number of nitrogens with zero attached hydrogens (tertiary/aromatic N) is 3. The van der Waals surface area contributed by atoms with Crippen molar-refractivity contribution in [3.63, 3.8) is 0 Å². The van der Waals surface area contributed by atoms with Crippen molar-refractivity contribution < 1.29 is 4.79 Å². The molecule has 0 unspecified atom stereocenters. The van der Waals surface area contributed by atoms with E-state index < -0.39 is 0 Å². The predicted molar refractivity (Wildman–Crippen MR) is 138 cm³/mol. The molecule has 8 nitrogen and oxygen atoms in total. The molecule has 2 aromatic heterocycles. The molecule has 0 spiro atoms. The van der Waals surface area contributed by atoms with Crippen LogP contribution in [-0.2, 0) is 6.54 Å². The van der Waals surface area contributed by atoms with Gasteiger partial charge in [-0.1, -0.05) is 61.4 Å². The third kappa shape index (κ3) is 4.82. The van der Waals surface area contributed by atoms with Crippen molar-refractivity contribution in [2.24, 2.45) is 0 Å². The van der Waals surface area contributed by atoms with Gasteiger partial charge >= 0.3 is 0 Å². The lowest BCUT2D eigenvalue weighted by Crippen LogP contribution is -2.24. The van der Waals surface area contributed by atoms with Gasteiger partial charge < -0.3 is 16.4 Å². The molecule has 1 amide bonds. The summed E-state index contributed by atoms with van der Waals surface area (Å²) >= 11 is 0. The topological polar surface area (TPSA) is 130 Å². The van der Waals surface area contributed by atoms with Crippen LogP contribution in [0.1, 0.15) is 52.9 Å². The molecule has 2 aromatic carbocycles. The van der Waals surface area contributed by atoms with Gasteiger partial charge in [0.1, 0.15) is 23.7 Å². The van der Waals surface area contributed by atoms with E-state index in [9.17, 15) is 4.79 Å². The molecule has 1 saturated carbocycles. The van der Waals surface area contributed by atoms with Crippen LogP contribution in [-0.4, -0.2) is 32.6 Å². The van der Waals surface area contributed by atoms with Crippen LogP contribution >= 0.6 is 0 Å². The van der Waals surface area contributed by atoms with Crippen molar-refractivity contribution in [3.05, 3.63) is 89.5 Å². The molecular weight excluding hydrogens is 438 g/mol. The Morgan fingerprint density at radius 2 is 1.77 bits per heavy atom. The van der Waals surface area contributed by atoms with Crippen LogP contribution < -0.4 is 16.4 Å². The van der Waals surface area contributed by atoms with Gasteiger partial charge in [-0.15, -0.1) is 0 Å². The first-order valence-corrected chi connectivity index (χ1v) is 11.8. The Kier molecular flexibility index (Phi) is 6.34. The van der Waals surface area contributed by atoms with Crippen LogP contribution in [0.4, 0.5) is 11.6 Å². The van der Waals surface area contributed by atoms with Crippen LogP contribution in [0.3, 0.4) is 0 Å². The second-order valence-corrected chi connectivity index (χ2v) is 8.74. The Labute approximate surface area is 203 Å². The number of nitrogens with one attached hydrogen (secondary N) is 3. The summed E-state index contributed by atoms with van der Waals surface area (Å²) in [6.07, 6.45) is 7.64. The number of aromatic nitrogens is 3. The molecule has 1 fully saturated rings. The van der Waals surface area contributed by atoms with E-state index in [0.29, 0.717) is 35.2 Å². The Bertz CT molecular complexity index is 1370. The van der Waals surface area contributed by atoms with Gasteiger partial charge in [-0.3, -0.25) is 15.2 Å². The maximum absolute atomic E-state index is 12.8. The minimum Gasteiger partial charge on any atom is -0.383 e. The number of anilines is 2. The number of hydrogen-bond acceptors (Lipinski definition) is 7. The van der Waals surface area contributed by atoms with Crippen LogP contribution in [0.2, 0.25) is 0 Å². The molecule has 0 radical (unpaired) electrons. The number of nitrogen functional groups attached to an aromatic ring is 1. The Morgan fingerprint density at radius 1 is 1.00 bits per heavy atom. The van der Waals surface area contributed by atoms with Gasteiger partial charge in [0.15, 0.2) is 0 Å². The van der Waals surface area contributed by atoms with Gasteiger partial charge in [0, 0.05) is 29.7 Å². The summed E-state index contributed by atoms with van der Waals surface area (Å²) in [5.41, 5.74) is 8.95. The molecule has 5 rings (SSSR count). The minimum absolute atomic E-state index is 0.226. The van der Waals surface area contributed by atoms with Crippen LogP contribution in [0.5, 0.6) is 0 Å². The highest BCUT2D eigenvalue weighted by Crippen LogP contribution is 2.26. The minimum atomic E-state index is -0.226. The van der Waals surface area contributed by atoms with Gasteiger partial charge in [-0.05, 0) is 29.9 Å². The quantitative estimate of drug-likeness (QED) is 0.301. The average molecular weight is 466 g/mol. The second kappa shape index (κ2) is 9.89. The molecule has 35 heavy (non-hydrogen) atoms. The number of amides is 1. The van der Waals surface area contributed by atoms with Crippen molar-refractivity contribution in [2.45, 2.75) is 38.3 Å². The molecule has 0 aliphatic heterocycles. The summed E-state index contributed by atoms with van der Waals surface area (Å²) < 4.78 is 0. The van der Waals surface area contributed by atoms with Gasteiger partial charge in [-0.25, -0.2) is 9.97 Å². The second-order valence-electron chi connectivity index (χ2n) is 8.74. The lowest BCUT2D eigenvalue weighted by molar-refractivity contribution is 0.0948. The first-order chi connectivity index (χ1) is 17.1. The van der Waals surface area contributed by atoms with E-state index in [-0.39, 0.29) is 17.4 Å². The summed E-state index contributed by atoms with van der Waals surface area (Å²) in [5, 5.41) is 17.0. The van der Waals surface area contributed by atoms with Crippen LogP contribution in [0.25, 0.3) is 10.8 Å². The monoisotopic (exact) mass is 465 g/mol. The third-order valence-corrected chi connectivity index (χ3v) is 6.41. The van der Waals surface area contributed by atoms with Crippen molar-refractivity contribution >= 4 is 34.0 Å². The fourth-order valence-corrected chi connectivity index (χ4v) is 4.52. The first-order valence-electron chi connectivity index (χ1n) is 11.8. The van der Waals surface area contributed by atoms with Crippen molar-refractivity contribution in [2.75, 3.05) is 11.1 Å². The number of benzene rings is 2. The van der Waals surface area contributed by atoms with E-state index in [0.717, 1.165) is 29.2 Å². The molecule has 1 aliphatic carbocycles. The normalized spacial score (nSPS) is 13.6. The van der Waals surface area contributed by atoms with Gasteiger partial charge in [0.25, 0.3) is 5.91 Å². The fourth-order valence-electron chi connectivity index (χ4n) is 4.52. The molecular formula is C27H27N7O. The third-order valence-electron chi connectivity index (χ3n) is 6.41. The predicted octanol–water partition coefficient (Wildman–Crippen LogP) is 4.31. The number of carbonyl (C=O) groups excluding carboxylic acids is 1. The maximum atomic E-state index is 12.8. The lowest BCUT2D eigenvalue weighted by Gasteiger charge is -2.17. The largest absolute Gasteiger partial charge is 0.383 e. The Morgan fingerprint density at radius 3 is 2.57 bits per heavy atom. The highest BCUT2D eigenvalue weighted by molar-refractivity contribution is 6.16. The zero-order valence-electron chi connectivity index (χ0n) is 19.3. The first kappa shape index (κ1) is 22.5. The highest BCUT2D eigenvalue weighted by Gasteiger charge is 2.21. The molecule has 0 bridgehead atoms. The molecule has 2 heterocycles. The van der Waals surface area contributed by atoms with E-state index in [1.807, 2.05) is 54.6 Å². The molecule has 176 valence electrons. The van der Waals surface area contributed by atoms with Gasteiger partial charge in [0.05, 0.1) is 11.3 Å². The molecule has 0 saturated heterocycles. The molecule has 0 atom stereocenters. The van der Waals surface area contributed by atoms with Crippen molar-refractivity contribution in [1.82, 2.24) is 20.3 Å². The maximum Gasteiger partial charge on any atom is 0.270 e. The van der Waals surface area contributed by atoms with E-state index in [1.165, 1.54) is 19.2 Å². The van der Waals surface area contributed by atoms with E-state index >= 15 is 0 Å². The number of hydrogen-bond donors (Lipinski definition) is 4. The van der Waals surface area contributed by atoms with E-state index in [4.69, 9.17) is 11.1 Å². The highest BCUT2D eigenvalue weighted by atomic mass is 16.1. The summed E-state index contributed by atoms with van der Waals surface area (Å²) in [4.78, 5) is 25.5. The van der Waals surface area contributed by atoms with Gasteiger partial charge in [-0.2, -0.15) is 0 Å². The number of carbonyl (C=O) groups is 1. The number of nitrogens with two attached hydrogens (primary N) is 1. The standard InChI is InChI=1S/C27H27N7O/c28-23(22-25(29)32-16-33-26(22)34-20-6-2-3-7-20)19-11-9-17(10-12-19)15-31-27(35)24-21-8-4-1-5-18(21)13-14-30-24/h1,4-5,8-14,16,20,28H,2-3,6-7,15H2,(H,31,35)(H3,29,32,33,34). The zero-order valence-corrected chi connectivity index (χ0v) is 19.3. The smallest absolute Gasteiger partial charge is 0.270 e. The number of fused-ring (bicyclic) bond motifs is 1. The summed E-state index contributed by atoms with van der Waals surface area (Å²) in [5.74, 6) is 0.660.